The number of fused-ring (bicyclic) bond motifs is 8. The Bertz CT molecular complexity index is 3900. The number of rotatable bonds is 6. The predicted molar refractivity (Wildman–Crippen MR) is 276 cm³/mol. The monoisotopic (exact) mass is 841 g/mol. The van der Waals surface area contributed by atoms with Crippen LogP contribution in [0, 0.1) is 0 Å². The Hall–Kier alpha value is -8.40. The van der Waals surface area contributed by atoms with Crippen molar-refractivity contribution in [2.24, 2.45) is 0 Å². The number of hydrogen-bond acceptors (Lipinski definition) is 2. The summed E-state index contributed by atoms with van der Waals surface area (Å²) < 4.78 is 2.37. The van der Waals surface area contributed by atoms with Crippen LogP contribution < -0.4 is 0 Å². The molecule has 3 nitrogen and oxygen atoms in total. The molecule has 310 valence electrons. The number of para-hydroxylation sites is 2. The van der Waals surface area contributed by atoms with E-state index >= 15 is 0 Å². The standard InChI is InChI=1S/C63H43N3/c1-63(2)55-30-17-29-52(61(55)54-36-41-20-9-10-21-42(41)38-56(54)63)48-33-34-50(47-26-13-12-25-46(47)48)58-39-57(64-62(65-58)40-18-5-3-6-19-40)49-27-14-11-24-45(49)43-32-35-60-53(37-43)51-28-15-16-31-59(51)66(60)44-22-7-4-8-23-44/h3-39H,1-2H3. The molecule has 66 heavy (non-hydrogen) atoms. The van der Waals surface area contributed by atoms with E-state index in [2.05, 4.69) is 237 Å². The summed E-state index contributed by atoms with van der Waals surface area (Å²) in [4.78, 5) is 10.8. The van der Waals surface area contributed by atoms with Gasteiger partial charge in [0.05, 0.1) is 22.4 Å². The van der Waals surface area contributed by atoms with Gasteiger partial charge in [-0.15, -0.1) is 0 Å². The van der Waals surface area contributed by atoms with E-state index in [0.29, 0.717) is 5.82 Å². The van der Waals surface area contributed by atoms with Crippen LogP contribution in [0.5, 0.6) is 0 Å². The maximum atomic E-state index is 5.38. The molecule has 12 aromatic rings. The second kappa shape index (κ2) is 14.8. The first-order valence-electron chi connectivity index (χ1n) is 22.8. The molecule has 0 saturated heterocycles. The highest BCUT2D eigenvalue weighted by molar-refractivity contribution is 6.11. The van der Waals surface area contributed by atoms with Crippen LogP contribution in [0.1, 0.15) is 25.0 Å². The molecule has 1 aliphatic carbocycles. The minimum atomic E-state index is -0.130. The van der Waals surface area contributed by atoms with Crippen LogP contribution in [0.15, 0.2) is 224 Å². The summed E-state index contributed by atoms with van der Waals surface area (Å²) in [7, 11) is 0. The average molecular weight is 842 g/mol. The number of benzene rings is 10. The van der Waals surface area contributed by atoms with E-state index in [9.17, 15) is 0 Å². The first-order chi connectivity index (χ1) is 32.5. The van der Waals surface area contributed by atoms with E-state index in [-0.39, 0.29) is 5.41 Å². The van der Waals surface area contributed by atoms with Crippen molar-refractivity contribution in [3.63, 3.8) is 0 Å². The summed E-state index contributed by atoms with van der Waals surface area (Å²) >= 11 is 0. The van der Waals surface area contributed by atoms with Crippen LogP contribution in [0.3, 0.4) is 0 Å². The van der Waals surface area contributed by atoms with Crippen molar-refractivity contribution in [3.8, 4) is 73.0 Å². The van der Waals surface area contributed by atoms with E-state index in [4.69, 9.17) is 9.97 Å². The summed E-state index contributed by atoms with van der Waals surface area (Å²) in [6.45, 7) is 4.74. The zero-order valence-corrected chi connectivity index (χ0v) is 36.7. The molecule has 0 fully saturated rings. The highest BCUT2D eigenvalue weighted by Crippen LogP contribution is 2.54. The summed E-state index contributed by atoms with van der Waals surface area (Å²) in [5.74, 6) is 0.694. The predicted octanol–water partition coefficient (Wildman–Crippen LogP) is 16.5. The van der Waals surface area contributed by atoms with Crippen molar-refractivity contribution in [1.29, 1.82) is 0 Å². The van der Waals surface area contributed by atoms with Gasteiger partial charge in [0.1, 0.15) is 0 Å². The van der Waals surface area contributed by atoms with Gasteiger partial charge >= 0.3 is 0 Å². The van der Waals surface area contributed by atoms with E-state index < -0.39 is 0 Å². The van der Waals surface area contributed by atoms with Crippen LogP contribution in [-0.4, -0.2) is 14.5 Å². The molecule has 0 radical (unpaired) electrons. The van der Waals surface area contributed by atoms with Gasteiger partial charge in [-0.25, -0.2) is 9.97 Å². The lowest BCUT2D eigenvalue weighted by Gasteiger charge is -2.22. The fourth-order valence-electron chi connectivity index (χ4n) is 10.8. The second-order valence-corrected chi connectivity index (χ2v) is 18.1. The smallest absolute Gasteiger partial charge is 0.160 e. The zero-order valence-electron chi connectivity index (χ0n) is 36.7. The Kier molecular flexibility index (Phi) is 8.56. The molecule has 0 atom stereocenters. The third kappa shape index (κ3) is 5.90. The van der Waals surface area contributed by atoms with Crippen LogP contribution in [0.25, 0.3) is 116 Å². The third-order valence-corrected chi connectivity index (χ3v) is 14.0. The summed E-state index contributed by atoms with van der Waals surface area (Å²) in [6.07, 6.45) is 0. The molecule has 0 amide bonds. The maximum absolute atomic E-state index is 5.38. The molecule has 2 aromatic heterocycles. The summed E-state index contributed by atoms with van der Waals surface area (Å²) in [6, 6.07) is 81.3. The first-order valence-corrected chi connectivity index (χ1v) is 22.8. The highest BCUT2D eigenvalue weighted by atomic mass is 15.0. The molecule has 0 N–H and O–H groups in total. The molecular formula is C63H43N3. The van der Waals surface area contributed by atoms with Gasteiger partial charge in [-0.3, -0.25) is 0 Å². The number of hydrogen-bond donors (Lipinski definition) is 0. The number of aromatic nitrogens is 3. The van der Waals surface area contributed by atoms with E-state index in [1.54, 1.807) is 0 Å². The molecule has 0 aliphatic heterocycles. The lowest BCUT2D eigenvalue weighted by molar-refractivity contribution is 0.661. The molecule has 0 bridgehead atoms. The Balaban J connectivity index is 0.987. The van der Waals surface area contributed by atoms with Gasteiger partial charge < -0.3 is 4.57 Å². The third-order valence-electron chi connectivity index (χ3n) is 14.0. The van der Waals surface area contributed by atoms with E-state index in [0.717, 1.165) is 50.3 Å². The minimum Gasteiger partial charge on any atom is -0.309 e. The molecule has 1 aliphatic rings. The van der Waals surface area contributed by atoms with Gasteiger partial charge in [-0.2, -0.15) is 0 Å². The Morgan fingerprint density at radius 1 is 0.348 bits per heavy atom. The Morgan fingerprint density at radius 3 is 1.73 bits per heavy atom. The molecule has 0 saturated carbocycles. The fourth-order valence-corrected chi connectivity index (χ4v) is 10.8. The normalized spacial score (nSPS) is 12.8. The van der Waals surface area contributed by atoms with Gasteiger partial charge in [-0.1, -0.05) is 190 Å². The van der Waals surface area contributed by atoms with Gasteiger partial charge in [0.2, 0.25) is 0 Å². The molecular weight excluding hydrogens is 799 g/mol. The summed E-state index contributed by atoms with van der Waals surface area (Å²) in [5, 5.41) is 7.33. The van der Waals surface area contributed by atoms with Crippen molar-refractivity contribution in [2.45, 2.75) is 19.3 Å². The lowest BCUT2D eigenvalue weighted by Crippen LogP contribution is -2.14. The van der Waals surface area contributed by atoms with E-state index in [1.165, 1.54) is 71.3 Å². The lowest BCUT2D eigenvalue weighted by atomic mass is 9.81. The SMILES string of the molecule is CC1(C)c2cc3ccccc3cc2-c2c(-c3ccc(-c4cc(-c5ccccc5-c5ccc6c(c5)c5ccccc5n6-c5ccccc5)nc(-c5ccccc5)n4)c4ccccc34)cccc21. The van der Waals surface area contributed by atoms with Crippen LogP contribution in [-0.2, 0) is 5.41 Å². The number of nitrogens with zero attached hydrogens (tertiary/aromatic N) is 3. The van der Waals surface area contributed by atoms with Crippen molar-refractivity contribution >= 4 is 43.4 Å². The zero-order chi connectivity index (χ0) is 43.9. The fraction of sp³-hybridized carbons (Fsp3) is 0.0476. The maximum Gasteiger partial charge on any atom is 0.160 e. The van der Waals surface area contributed by atoms with Gasteiger partial charge in [0, 0.05) is 38.6 Å². The Morgan fingerprint density at radius 2 is 0.939 bits per heavy atom. The first kappa shape index (κ1) is 38.1. The molecule has 3 heteroatoms. The van der Waals surface area contributed by atoms with Crippen molar-refractivity contribution in [2.75, 3.05) is 0 Å². The van der Waals surface area contributed by atoms with Crippen LogP contribution in [0.4, 0.5) is 0 Å². The second-order valence-electron chi connectivity index (χ2n) is 18.1. The molecule has 10 aromatic carbocycles. The average Bonchev–Trinajstić information content (AvgIpc) is 3.83. The van der Waals surface area contributed by atoms with Gasteiger partial charge in [0.15, 0.2) is 5.82 Å². The quantitative estimate of drug-likeness (QED) is 0.167. The molecule has 0 unspecified atom stereocenters. The molecule has 2 heterocycles. The van der Waals surface area contributed by atoms with Crippen molar-refractivity contribution in [3.05, 3.63) is 236 Å². The minimum absolute atomic E-state index is 0.130. The van der Waals surface area contributed by atoms with E-state index in [1.807, 2.05) is 6.07 Å². The Labute approximate surface area is 384 Å². The summed E-state index contributed by atoms with van der Waals surface area (Å²) in [5.41, 5.74) is 18.4. The largest absolute Gasteiger partial charge is 0.309 e. The van der Waals surface area contributed by atoms with Crippen LogP contribution in [0.2, 0.25) is 0 Å². The van der Waals surface area contributed by atoms with Crippen LogP contribution >= 0.6 is 0 Å². The molecule has 0 spiro atoms. The molecule has 13 rings (SSSR count). The van der Waals surface area contributed by atoms with Gasteiger partial charge in [0.25, 0.3) is 0 Å². The highest BCUT2D eigenvalue weighted by Gasteiger charge is 2.37. The van der Waals surface area contributed by atoms with Crippen molar-refractivity contribution < 1.29 is 0 Å². The van der Waals surface area contributed by atoms with Gasteiger partial charge in [-0.05, 0) is 115 Å². The topological polar surface area (TPSA) is 30.7 Å². The van der Waals surface area contributed by atoms with Crippen molar-refractivity contribution in [1.82, 2.24) is 14.5 Å².